The van der Waals surface area contributed by atoms with Crippen LogP contribution in [0.15, 0.2) is 0 Å². The lowest BCUT2D eigenvalue weighted by Gasteiger charge is -2.39. The first-order valence-corrected chi connectivity index (χ1v) is 7.77. The van der Waals surface area contributed by atoms with Crippen LogP contribution in [0.4, 0.5) is 0 Å². The topological polar surface area (TPSA) is 18.5 Å². The maximum absolute atomic E-state index is 3.50. The van der Waals surface area contributed by atoms with E-state index in [1.165, 1.54) is 58.3 Å². The first-order valence-electron chi connectivity index (χ1n) is 7.77. The van der Waals surface area contributed by atoms with E-state index in [-0.39, 0.29) is 0 Å². The molecule has 3 nitrogen and oxygen atoms in total. The molecule has 2 rings (SSSR count). The minimum absolute atomic E-state index is 0.479. The highest BCUT2D eigenvalue weighted by molar-refractivity contribution is 4.96. The fourth-order valence-electron chi connectivity index (χ4n) is 3.77. The van der Waals surface area contributed by atoms with Gasteiger partial charge in [0, 0.05) is 18.6 Å². The van der Waals surface area contributed by atoms with E-state index < -0.39 is 0 Å². The summed E-state index contributed by atoms with van der Waals surface area (Å²) in [5, 5.41) is 3.50. The third-order valence-electron chi connectivity index (χ3n) is 5.05. The summed E-state index contributed by atoms with van der Waals surface area (Å²) < 4.78 is 0. The van der Waals surface area contributed by atoms with Gasteiger partial charge in [-0.15, -0.1) is 0 Å². The quantitative estimate of drug-likeness (QED) is 0.778. The van der Waals surface area contributed by atoms with Crippen molar-refractivity contribution in [1.82, 2.24) is 15.1 Å². The van der Waals surface area contributed by atoms with Gasteiger partial charge in [0.05, 0.1) is 0 Å². The van der Waals surface area contributed by atoms with Gasteiger partial charge in [-0.25, -0.2) is 0 Å². The summed E-state index contributed by atoms with van der Waals surface area (Å²) in [6.45, 7) is 8.43. The van der Waals surface area contributed by atoms with Crippen LogP contribution in [0.5, 0.6) is 0 Å². The molecule has 0 amide bonds. The Morgan fingerprint density at radius 2 is 2.00 bits per heavy atom. The average Bonchev–Trinajstić information content (AvgIpc) is 2.97. The number of hydrogen-bond donors (Lipinski definition) is 1. The van der Waals surface area contributed by atoms with Crippen LogP contribution >= 0.6 is 0 Å². The van der Waals surface area contributed by atoms with Crippen LogP contribution in [0.1, 0.15) is 39.0 Å². The zero-order valence-corrected chi connectivity index (χ0v) is 12.5. The van der Waals surface area contributed by atoms with E-state index in [0.29, 0.717) is 5.54 Å². The molecule has 3 heteroatoms. The minimum atomic E-state index is 0.479. The van der Waals surface area contributed by atoms with Gasteiger partial charge in [-0.05, 0) is 58.9 Å². The van der Waals surface area contributed by atoms with Crippen LogP contribution in [0.25, 0.3) is 0 Å². The number of nitrogens with one attached hydrogen (secondary N) is 1. The normalized spacial score (nSPS) is 28.3. The largest absolute Gasteiger partial charge is 0.317 e. The fraction of sp³-hybridized carbons (Fsp3) is 1.00. The molecule has 1 saturated carbocycles. The SMILES string of the molecule is CCNCC1CCN(CC2(N(C)C)CCCC2)C1. The first-order chi connectivity index (χ1) is 8.66. The van der Waals surface area contributed by atoms with E-state index in [9.17, 15) is 0 Å². The molecule has 0 aromatic heterocycles. The Morgan fingerprint density at radius 1 is 1.28 bits per heavy atom. The Balaban J connectivity index is 1.82. The maximum atomic E-state index is 3.50. The van der Waals surface area contributed by atoms with Gasteiger partial charge in [0.25, 0.3) is 0 Å². The fourth-order valence-corrected chi connectivity index (χ4v) is 3.77. The van der Waals surface area contributed by atoms with E-state index in [0.717, 1.165) is 12.5 Å². The number of likely N-dealkylation sites (tertiary alicyclic amines) is 1. The van der Waals surface area contributed by atoms with Crippen LogP contribution < -0.4 is 5.32 Å². The Kier molecular flexibility index (Phi) is 5.05. The van der Waals surface area contributed by atoms with E-state index >= 15 is 0 Å². The second-order valence-corrected chi connectivity index (χ2v) is 6.52. The Labute approximate surface area is 113 Å². The van der Waals surface area contributed by atoms with Crippen LogP contribution in [0.3, 0.4) is 0 Å². The summed E-state index contributed by atoms with van der Waals surface area (Å²) in [7, 11) is 4.55. The van der Waals surface area contributed by atoms with Gasteiger partial charge in [0.1, 0.15) is 0 Å². The molecular weight excluding hydrogens is 222 g/mol. The zero-order chi connectivity index (χ0) is 13.0. The highest BCUT2D eigenvalue weighted by atomic mass is 15.2. The number of likely N-dealkylation sites (N-methyl/N-ethyl adjacent to an activating group) is 1. The minimum Gasteiger partial charge on any atom is -0.317 e. The van der Waals surface area contributed by atoms with Gasteiger partial charge in [0.15, 0.2) is 0 Å². The number of hydrogen-bond acceptors (Lipinski definition) is 3. The summed E-state index contributed by atoms with van der Waals surface area (Å²) in [5.74, 6) is 0.880. The third kappa shape index (κ3) is 3.25. The van der Waals surface area contributed by atoms with Crippen molar-refractivity contribution in [3.05, 3.63) is 0 Å². The van der Waals surface area contributed by atoms with Crippen molar-refractivity contribution >= 4 is 0 Å². The lowest BCUT2D eigenvalue weighted by molar-refractivity contribution is 0.103. The molecule has 2 aliphatic rings. The monoisotopic (exact) mass is 253 g/mol. The molecule has 1 atom stereocenters. The maximum Gasteiger partial charge on any atom is 0.0330 e. The molecule has 0 aromatic rings. The van der Waals surface area contributed by atoms with Crippen LogP contribution in [0.2, 0.25) is 0 Å². The smallest absolute Gasteiger partial charge is 0.0330 e. The molecule has 1 aliphatic carbocycles. The molecule has 1 unspecified atom stereocenters. The predicted molar refractivity (Wildman–Crippen MR) is 78.0 cm³/mol. The van der Waals surface area contributed by atoms with Crippen molar-refractivity contribution in [3.8, 4) is 0 Å². The molecular formula is C15H31N3. The van der Waals surface area contributed by atoms with E-state index in [1.54, 1.807) is 0 Å². The van der Waals surface area contributed by atoms with Gasteiger partial charge in [-0.3, -0.25) is 0 Å². The van der Waals surface area contributed by atoms with E-state index in [4.69, 9.17) is 0 Å². The van der Waals surface area contributed by atoms with Crippen molar-refractivity contribution in [1.29, 1.82) is 0 Å². The number of nitrogens with zero attached hydrogens (tertiary/aromatic N) is 2. The van der Waals surface area contributed by atoms with Gasteiger partial charge >= 0.3 is 0 Å². The Hall–Kier alpha value is -0.120. The molecule has 1 N–H and O–H groups in total. The second-order valence-electron chi connectivity index (χ2n) is 6.52. The molecule has 2 fully saturated rings. The molecule has 1 saturated heterocycles. The summed E-state index contributed by atoms with van der Waals surface area (Å²) in [6.07, 6.45) is 7.03. The summed E-state index contributed by atoms with van der Waals surface area (Å²) in [4.78, 5) is 5.21. The predicted octanol–water partition coefficient (Wildman–Crippen LogP) is 1.79. The van der Waals surface area contributed by atoms with Crippen molar-refractivity contribution in [3.63, 3.8) is 0 Å². The molecule has 0 aromatic carbocycles. The van der Waals surface area contributed by atoms with Gasteiger partial charge < -0.3 is 15.1 Å². The Bertz CT molecular complexity index is 246. The third-order valence-corrected chi connectivity index (χ3v) is 5.05. The first kappa shape index (κ1) is 14.3. The van der Waals surface area contributed by atoms with Gasteiger partial charge in [0.2, 0.25) is 0 Å². The molecule has 0 bridgehead atoms. The van der Waals surface area contributed by atoms with Crippen LogP contribution in [-0.2, 0) is 0 Å². The average molecular weight is 253 g/mol. The summed E-state index contributed by atoms with van der Waals surface area (Å²) >= 11 is 0. The molecule has 18 heavy (non-hydrogen) atoms. The van der Waals surface area contributed by atoms with Gasteiger partial charge in [-0.1, -0.05) is 19.8 Å². The van der Waals surface area contributed by atoms with E-state index in [1.807, 2.05) is 0 Å². The van der Waals surface area contributed by atoms with E-state index in [2.05, 4.69) is 36.1 Å². The van der Waals surface area contributed by atoms with Crippen molar-refractivity contribution in [2.45, 2.75) is 44.6 Å². The lowest BCUT2D eigenvalue weighted by atomic mass is 9.95. The molecule has 1 aliphatic heterocycles. The summed E-state index contributed by atoms with van der Waals surface area (Å²) in [5.41, 5.74) is 0.479. The zero-order valence-electron chi connectivity index (χ0n) is 12.5. The molecule has 0 radical (unpaired) electrons. The van der Waals surface area contributed by atoms with Crippen molar-refractivity contribution < 1.29 is 0 Å². The van der Waals surface area contributed by atoms with Crippen LogP contribution in [0, 0.1) is 5.92 Å². The van der Waals surface area contributed by atoms with Gasteiger partial charge in [-0.2, -0.15) is 0 Å². The lowest BCUT2D eigenvalue weighted by Crippen LogP contribution is -2.50. The molecule has 0 spiro atoms. The highest BCUT2D eigenvalue weighted by Gasteiger charge is 2.38. The standard InChI is InChI=1S/C15H31N3/c1-4-16-11-14-7-10-18(12-14)13-15(17(2)3)8-5-6-9-15/h14,16H,4-13H2,1-3H3. The van der Waals surface area contributed by atoms with Crippen molar-refractivity contribution in [2.75, 3.05) is 46.8 Å². The summed E-state index contributed by atoms with van der Waals surface area (Å²) in [6, 6.07) is 0. The van der Waals surface area contributed by atoms with Crippen molar-refractivity contribution in [2.24, 2.45) is 5.92 Å². The Morgan fingerprint density at radius 3 is 2.61 bits per heavy atom. The van der Waals surface area contributed by atoms with Crippen LogP contribution in [-0.4, -0.2) is 62.2 Å². The molecule has 1 heterocycles. The second kappa shape index (κ2) is 6.36. The number of rotatable bonds is 6. The highest BCUT2D eigenvalue weighted by Crippen LogP contribution is 2.35. The molecule has 106 valence electrons.